The zero-order valence-corrected chi connectivity index (χ0v) is 37.9. The maximum absolute atomic E-state index is 2.48. The second-order valence-electron chi connectivity index (χ2n) is 16.8. The highest BCUT2D eigenvalue weighted by Crippen LogP contribution is 2.43. The first-order valence-electron chi connectivity index (χ1n) is 22.6. The van der Waals surface area contributed by atoms with E-state index in [9.17, 15) is 0 Å². The highest BCUT2D eigenvalue weighted by molar-refractivity contribution is 7.19. The first-order valence-corrected chi connectivity index (χ1v) is 24.2. The zero-order valence-electron chi connectivity index (χ0n) is 36.2. The van der Waals surface area contributed by atoms with Gasteiger partial charge in [0.25, 0.3) is 0 Å². The fourth-order valence-electron chi connectivity index (χ4n) is 9.51. The van der Waals surface area contributed by atoms with Crippen LogP contribution in [0.1, 0.15) is 23.2 Å². The van der Waals surface area contributed by atoms with Gasteiger partial charge in [0.1, 0.15) is 0 Å². The Morgan fingerprint density at radius 2 is 0.758 bits per heavy atom. The molecule has 0 radical (unpaired) electrons. The average Bonchev–Trinajstić information content (AvgIpc) is 4.17. The molecule has 314 valence electrons. The van der Waals surface area contributed by atoms with Crippen LogP contribution in [0.5, 0.6) is 0 Å². The van der Waals surface area contributed by atoms with Crippen LogP contribution in [-0.2, 0) is 6.42 Å². The highest BCUT2D eigenvalue weighted by Gasteiger charge is 2.23. The number of hydrogen-bond donors (Lipinski definition) is 0. The van der Waals surface area contributed by atoms with E-state index in [1.807, 2.05) is 22.7 Å². The third-order valence-electron chi connectivity index (χ3n) is 12.8. The van der Waals surface area contributed by atoms with Gasteiger partial charge in [-0.05, 0) is 148 Å². The van der Waals surface area contributed by atoms with Crippen LogP contribution in [-0.4, -0.2) is 4.57 Å². The third-order valence-corrected chi connectivity index (χ3v) is 15.2. The summed E-state index contributed by atoms with van der Waals surface area (Å²) in [6, 6.07) is 86.2. The van der Waals surface area contributed by atoms with Crippen LogP contribution >= 0.6 is 22.7 Å². The number of thiophene rings is 2. The van der Waals surface area contributed by atoms with E-state index in [2.05, 4.69) is 252 Å². The summed E-state index contributed by atoms with van der Waals surface area (Å²) < 4.78 is 2.48. The maximum atomic E-state index is 2.48. The SMILES string of the molecule is C1=C(c2ccccc2)CCc2c1c1cc(-c3ccc(N(c4ccc(-c5ccc(-c6ccccc6)s5)cc4)c4ccc(-c5ccc(-c6ccccc6)s5)cc4)cc3)ccc1n2-c1ccccc1. The van der Waals surface area contributed by atoms with Gasteiger partial charge in [0.05, 0.1) is 5.52 Å². The molecule has 66 heavy (non-hydrogen) atoms. The molecule has 2 nitrogen and oxygen atoms in total. The molecule has 3 heterocycles. The van der Waals surface area contributed by atoms with Gasteiger partial charge in [-0.1, -0.05) is 152 Å². The standard InChI is InChI=1S/C62H44N2S2/c1-5-13-43(14-6-1)49-27-35-57-55(41-49)56-42-50(28-36-58(56)64(57)51-19-11-4-12-20-51)44-21-29-52(30-22-44)63(53-31-23-47(24-32-53)61-39-37-59(65-61)45-15-7-2-8-16-45)54-33-25-48(26-34-54)62-40-38-60(66-62)46-17-9-3-10-18-46/h1-26,28-34,36-42H,27,35H2. The van der Waals surface area contributed by atoms with Crippen LogP contribution in [0.25, 0.3) is 81.1 Å². The van der Waals surface area contributed by atoms with E-state index in [0.717, 1.165) is 29.9 Å². The van der Waals surface area contributed by atoms with Gasteiger partial charge in [-0.2, -0.15) is 0 Å². The van der Waals surface area contributed by atoms with E-state index in [1.165, 1.54) is 91.9 Å². The second-order valence-corrected chi connectivity index (χ2v) is 19.0. The Hall–Kier alpha value is -7.76. The number of allylic oxidation sites excluding steroid dienone is 1. The Labute approximate surface area is 394 Å². The molecule has 0 atom stereocenters. The van der Waals surface area contributed by atoms with Crippen molar-refractivity contribution < 1.29 is 0 Å². The minimum Gasteiger partial charge on any atom is -0.313 e. The number of anilines is 3. The van der Waals surface area contributed by atoms with Crippen molar-refractivity contribution in [1.29, 1.82) is 0 Å². The molecule has 0 saturated carbocycles. The minimum atomic E-state index is 0.992. The summed E-state index contributed by atoms with van der Waals surface area (Å²) in [6.07, 6.45) is 4.45. The van der Waals surface area contributed by atoms with Gasteiger partial charge in [-0.3, -0.25) is 0 Å². The lowest BCUT2D eigenvalue weighted by atomic mass is 9.91. The van der Waals surface area contributed by atoms with Crippen molar-refractivity contribution in [1.82, 2.24) is 4.57 Å². The lowest BCUT2D eigenvalue weighted by Crippen LogP contribution is -2.09. The van der Waals surface area contributed by atoms with Crippen LogP contribution in [0.3, 0.4) is 0 Å². The molecular weight excluding hydrogens is 837 g/mol. The number of benzene rings is 8. The van der Waals surface area contributed by atoms with Crippen LogP contribution < -0.4 is 4.90 Å². The topological polar surface area (TPSA) is 8.17 Å². The molecule has 4 heteroatoms. The van der Waals surface area contributed by atoms with E-state index < -0.39 is 0 Å². The smallest absolute Gasteiger partial charge is 0.0538 e. The average molecular weight is 881 g/mol. The summed E-state index contributed by atoms with van der Waals surface area (Å²) in [4.78, 5) is 7.45. The Morgan fingerprint density at radius 3 is 1.24 bits per heavy atom. The Balaban J connectivity index is 0.905. The van der Waals surface area contributed by atoms with Crippen molar-refractivity contribution in [3.05, 3.63) is 253 Å². The van der Waals surface area contributed by atoms with Gasteiger partial charge >= 0.3 is 0 Å². The molecule has 0 bridgehead atoms. The maximum Gasteiger partial charge on any atom is 0.0538 e. The Kier molecular flexibility index (Phi) is 10.4. The molecule has 12 rings (SSSR count). The van der Waals surface area contributed by atoms with Crippen LogP contribution in [0.2, 0.25) is 0 Å². The van der Waals surface area contributed by atoms with Crippen molar-refractivity contribution in [3.63, 3.8) is 0 Å². The van der Waals surface area contributed by atoms with Crippen molar-refractivity contribution in [2.24, 2.45) is 0 Å². The Bertz CT molecular complexity index is 3350. The fraction of sp³-hybridized carbons (Fsp3) is 0.0323. The third kappa shape index (κ3) is 7.60. The molecule has 0 unspecified atom stereocenters. The normalized spacial score (nSPS) is 12.2. The van der Waals surface area contributed by atoms with Crippen molar-refractivity contribution >= 4 is 62.3 Å². The molecule has 3 aromatic heterocycles. The van der Waals surface area contributed by atoms with E-state index in [1.54, 1.807) is 0 Å². The molecule has 0 aliphatic heterocycles. The van der Waals surface area contributed by atoms with Crippen molar-refractivity contribution in [3.8, 4) is 58.6 Å². The van der Waals surface area contributed by atoms with Gasteiger partial charge in [0.2, 0.25) is 0 Å². The molecular formula is C62H44N2S2. The highest BCUT2D eigenvalue weighted by atomic mass is 32.1. The first-order chi connectivity index (χ1) is 32.7. The van der Waals surface area contributed by atoms with Gasteiger partial charge in [0.15, 0.2) is 0 Å². The summed E-state index contributed by atoms with van der Waals surface area (Å²) in [5, 5.41) is 1.29. The second kappa shape index (κ2) is 17.3. The molecule has 0 saturated heterocycles. The molecule has 8 aromatic carbocycles. The number of para-hydroxylation sites is 1. The van der Waals surface area contributed by atoms with E-state index in [4.69, 9.17) is 0 Å². The molecule has 0 fully saturated rings. The first kappa shape index (κ1) is 39.8. The molecule has 1 aliphatic rings. The van der Waals surface area contributed by atoms with Crippen LogP contribution in [0.4, 0.5) is 17.1 Å². The van der Waals surface area contributed by atoms with Gasteiger partial charge in [-0.15, -0.1) is 22.7 Å². The van der Waals surface area contributed by atoms with E-state index >= 15 is 0 Å². The molecule has 0 spiro atoms. The summed E-state index contributed by atoms with van der Waals surface area (Å²) >= 11 is 3.67. The predicted octanol–water partition coefficient (Wildman–Crippen LogP) is 18.0. The fourth-order valence-corrected chi connectivity index (χ4v) is 11.5. The van der Waals surface area contributed by atoms with Crippen LogP contribution in [0.15, 0.2) is 237 Å². The minimum absolute atomic E-state index is 0.992. The quantitative estimate of drug-likeness (QED) is 0.133. The van der Waals surface area contributed by atoms with Gasteiger partial charge < -0.3 is 9.47 Å². The summed E-state index contributed by atoms with van der Waals surface area (Å²) in [7, 11) is 0. The summed E-state index contributed by atoms with van der Waals surface area (Å²) in [5.41, 5.74) is 18.5. The van der Waals surface area contributed by atoms with Crippen LogP contribution in [0, 0.1) is 0 Å². The van der Waals surface area contributed by atoms with Crippen molar-refractivity contribution in [2.45, 2.75) is 12.8 Å². The largest absolute Gasteiger partial charge is 0.313 e. The lowest BCUT2D eigenvalue weighted by Gasteiger charge is -2.26. The number of rotatable bonds is 10. The van der Waals surface area contributed by atoms with E-state index in [0.29, 0.717) is 0 Å². The zero-order chi connectivity index (χ0) is 43.8. The molecule has 1 aliphatic carbocycles. The van der Waals surface area contributed by atoms with Gasteiger partial charge in [-0.25, -0.2) is 0 Å². The number of nitrogens with zero attached hydrogens (tertiary/aromatic N) is 2. The van der Waals surface area contributed by atoms with E-state index in [-0.39, 0.29) is 0 Å². The molecule has 0 N–H and O–H groups in total. The lowest BCUT2D eigenvalue weighted by molar-refractivity contribution is 0.898. The predicted molar refractivity (Wildman–Crippen MR) is 284 cm³/mol. The molecule has 11 aromatic rings. The number of aromatic nitrogens is 1. The van der Waals surface area contributed by atoms with Crippen molar-refractivity contribution in [2.75, 3.05) is 4.90 Å². The molecule has 0 amide bonds. The number of hydrogen-bond acceptors (Lipinski definition) is 3. The Morgan fingerprint density at radius 1 is 0.348 bits per heavy atom. The van der Waals surface area contributed by atoms with Gasteiger partial charge in [0, 0.05) is 58.9 Å². The number of fused-ring (bicyclic) bond motifs is 3. The summed E-state index contributed by atoms with van der Waals surface area (Å²) in [6.45, 7) is 0. The monoisotopic (exact) mass is 880 g/mol. The summed E-state index contributed by atoms with van der Waals surface area (Å²) in [5.74, 6) is 0.